The van der Waals surface area contributed by atoms with E-state index >= 15 is 0 Å². The smallest absolute Gasteiger partial charge is 0.238 e. The van der Waals surface area contributed by atoms with Crippen molar-refractivity contribution in [1.29, 1.82) is 0 Å². The largest absolute Gasteiger partial charge is 0.496 e. The number of halogens is 1. The summed E-state index contributed by atoms with van der Waals surface area (Å²) in [4.78, 5) is 25.9. The molecule has 0 atom stereocenters. The number of methoxy groups -OCH3 is 1. The highest BCUT2D eigenvalue weighted by atomic mass is 19.1. The molecule has 9 heteroatoms. The van der Waals surface area contributed by atoms with E-state index in [1.165, 1.54) is 6.33 Å². The molecule has 1 fully saturated rings. The fraction of sp³-hybridized carbons (Fsp3) is 0.444. The molecule has 1 amide bonds. The Morgan fingerprint density at radius 1 is 1.28 bits per heavy atom. The molecule has 0 bridgehead atoms. The average Bonchev–Trinajstić information content (AvgIpc) is 2.86. The van der Waals surface area contributed by atoms with Gasteiger partial charge in [0, 0.05) is 42.7 Å². The maximum atomic E-state index is 14.7. The van der Waals surface area contributed by atoms with Crippen LogP contribution in [0.2, 0.25) is 0 Å². The minimum Gasteiger partial charge on any atom is -0.496 e. The van der Waals surface area contributed by atoms with Gasteiger partial charge in [-0.05, 0) is 58.4 Å². The second-order valence-corrected chi connectivity index (χ2v) is 9.85. The summed E-state index contributed by atoms with van der Waals surface area (Å²) in [7, 11) is 3.54. The standard InChI is InChI=1S/C27H35FN6O2/c1-17(2)34-11-9-27(10-12-34,26(29)35)33(4)15-19-13-20-22(14-23(19)36-5)30-16-31-25(20)32-21-8-6-7-18(3)24(21)28/h6-8,13-14,16-17H,9-12,15H2,1-5H3,(H2,29,35)(H,30,31,32). The normalized spacial score (nSPS) is 16.0. The first kappa shape index (κ1) is 25.8. The Morgan fingerprint density at radius 2 is 2.00 bits per heavy atom. The van der Waals surface area contributed by atoms with E-state index in [4.69, 9.17) is 10.5 Å². The summed E-state index contributed by atoms with van der Waals surface area (Å²) in [5.74, 6) is 0.508. The molecule has 2 heterocycles. The number of hydrogen-bond acceptors (Lipinski definition) is 7. The van der Waals surface area contributed by atoms with Gasteiger partial charge in [-0.2, -0.15) is 0 Å². The first-order chi connectivity index (χ1) is 17.2. The quantitative estimate of drug-likeness (QED) is 0.489. The van der Waals surface area contributed by atoms with Crippen molar-refractivity contribution in [3.05, 3.63) is 53.6 Å². The molecule has 192 valence electrons. The Hall–Kier alpha value is -3.30. The van der Waals surface area contributed by atoms with E-state index in [0.29, 0.717) is 53.8 Å². The average molecular weight is 495 g/mol. The zero-order valence-corrected chi connectivity index (χ0v) is 21.6. The molecule has 3 aromatic rings. The number of piperidine rings is 1. The van der Waals surface area contributed by atoms with E-state index in [1.54, 1.807) is 32.2 Å². The monoisotopic (exact) mass is 494 g/mol. The number of benzene rings is 2. The van der Waals surface area contributed by atoms with E-state index in [0.717, 1.165) is 24.0 Å². The summed E-state index contributed by atoms with van der Waals surface area (Å²) in [5, 5.41) is 3.85. The lowest BCUT2D eigenvalue weighted by atomic mass is 9.84. The van der Waals surface area contributed by atoms with E-state index in [-0.39, 0.29) is 11.7 Å². The van der Waals surface area contributed by atoms with Crippen molar-refractivity contribution in [2.24, 2.45) is 5.73 Å². The molecule has 2 aromatic carbocycles. The van der Waals surface area contributed by atoms with Gasteiger partial charge < -0.3 is 20.7 Å². The minimum atomic E-state index is -0.746. The van der Waals surface area contributed by atoms with Gasteiger partial charge in [-0.25, -0.2) is 14.4 Å². The second-order valence-electron chi connectivity index (χ2n) is 9.85. The summed E-state index contributed by atoms with van der Waals surface area (Å²) in [6.45, 7) is 8.11. The van der Waals surface area contributed by atoms with Crippen LogP contribution in [0.1, 0.15) is 37.8 Å². The highest BCUT2D eigenvalue weighted by molar-refractivity contribution is 5.92. The lowest BCUT2D eigenvalue weighted by Crippen LogP contribution is -2.61. The zero-order valence-electron chi connectivity index (χ0n) is 21.6. The maximum absolute atomic E-state index is 14.7. The molecular formula is C27H35FN6O2. The number of nitrogens with one attached hydrogen (secondary N) is 1. The highest BCUT2D eigenvalue weighted by Crippen LogP contribution is 2.35. The number of rotatable bonds is 8. The molecule has 0 radical (unpaired) electrons. The summed E-state index contributed by atoms with van der Waals surface area (Å²) in [6, 6.07) is 9.40. The number of hydrogen-bond donors (Lipinski definition) is 2. The van der Waals surface area contributed by atoms with Crippen LogP contribution in [0.15, 0.2) is 36.7 Å². The number of likely N-dealkylation sites (N-methyl/N-ethyl adjacent to an activating group) is 1. The van der Waals surface area contributed by atoms with Crippen molar-refractivity contribution in [1.82, 2.24) is 19.8 Å². The molecule has 1 aliphatic rings. The number of aryl methyl sites for hydroxylation is 1. The summed E-state index contributed by atoms with van der Waals surface area (Å²) in [6.07, 6.45) is 2.76. The third kappa shape index (κ3) is 4.85. The molecule has 4 rings (SSSR count). The number of aromatic nitrogens is 2. The van der Waals surface area contributed by atoms with Gasteiger partial charge in [0.05, 0.1) is 18.3 Å². The van der Waals surface area contributed by atoms with Crippen LogP contribution >= 0.6 is 0 Å². The molecule has 1 saturated heterocycles. The zero-order chi connectivity index (χ0) is 26.0. The number of nitrogens with two attached hydrogens (primary N) is 1. The number of fused-ring (bicyclic) bond motifs is 1. The highest BCUT2D eigenvalue weighted by Gasteiger charge is 2.43. The molecule has 1 aromatic heterocycles. The summed E-state index contributed by atoms with van der Waals surface area (Å²) in [5.41, 5.74) is 7.65. The lowest BCUT2D eigenvalue weighted by molar-refractivity contribution is -0.133. The molecule has 0 aliphatic carbocycles. The maximum Gasteiger partial charge on any atom is 0.238 e. The van der Waals surface area contributed by atoms with Crippen LogP contribution in [0.5, 0.6) is 5.75 Å². The number of likely N-dealkylation sites (tertiary alicyclic amines) is 1. The van der Waals surface area contributed by atoms with Crippen molar-refractivity contribution in [2.75, 3.05) is 32.6 Å². The molecule has 0 unspecified atom stereocenters. The van der Waals surface area contributed by atoms with Crippen molar-refractivity contribution in [3.8, 4) is 5.75 Å². The molecule has 36 heavy (non-hydrogen) atoms. The van der Waals surface area contributed by atoms with Gasteiger partial charge in [0.1, 0.15) is 29.3 Å². The SMILES string of the molecule is COc1cc2ncnc(Nc3cccc(C)c3F)c2cc1CN(C)C1(C(N)=O)CCN(C(C)C)CC1. The van der Waals surface area contributed by atoms with Crippen molar-refractivity contribution in [2.45, 2.75) is 51.7 Å². The second kappa shape index (κ2) is 10.4. The third-order valence-corrected chi connectivity index (χ3v) is 7.43. The minimum absolute atomic E-state index is 0.311. The van der Waals surface area contributed by atoms with Crippen LogP contribution < -0.4 is 15.8 Å². The number of carbonyl (C=O) groups is 1. The fourth-order valence-electron chi connectivity index (χ4n) is 5.05. The first-order valence-electron chi connectivity index (χ1n) is 12.2. The van der Waals surface area contributed by atoms with E-state index in [9.17, 15) is 9.18 Å². The van der Waals surface area contributed by atoms with Crippen molar-refractivity contribution in [3.63, 3.8) is 0 Å². The summed E-state index contributed by atoms with van der Waals surface area (Å²) >= 11 is 0. The predicted octanol–water partition coefficient (Wildman–Crippen LogP) is 3.99. The van der Waals surface area contributed by atoms with Gasteiger partial charge in [0.25, 0.3) is 0 Å². The van der Waals surface area contributed by atoms with Crippen molar-refractivity contribution < 1.29 is 13.9 Å². The van der Waals surface area contributed by atoms with Gasteiger partial charge in [-0.15, -0.1) is 0 Å². The summed E-state index contributed by atoms with van der Waals surface area (Å²) < 4.78 is 20.4. The third-order valence-electron chi connectivity index (χ3n) is 7.43. The molecule has 0 saturated carbocycles. The Kier molecular flexibility index (Phi) is 7.42. The van der Waals surface area contributed by atoms with E-state index < -0.39 is 5.54 Å². The van der Waals surface area contributed by atoms with Crippen LogP contribution in [-0.2, 0) is 11.3 Å². The van der Waals surface area contributed by atoms with Crippen LogP contribution in [0, 0.1) is 12.7 Å². The predicted molar refractivity (Wildman–Crippen MR) is 140 cm³/mol. The Morgan fingerprint density at radius 3 is 2.64 bits per heavy atom. The number of ether oxygens (including phenoxy) is 1. The molecule has 8 nitrogen and oxygen atoms in total. The van der Waals surface area contributed by atoms with Crippen LogP contribution in [0.4, 0.5) is 15.9 Å². The van der Waals surface area contributed by atoms with Crippen LogP contribution in [-0.4, -0.2) is 64.5 Å². The topological polar surface area (TPSA) is 96.6 Å². The number of nitrogens with zero attached hydrogens (tertiary/aromatic N) is 4. The van der Waals surface area contributed by atoms with Gasteiger partial charge >= 0.3 is 0 Å². The Bertz CT molecular complexity index is 1260. The van der Waals surface area contributed by atoms with Gasteiger partial charge in [0.2, 0.25) is 5.91 Å². The molecular weight excluding hydrogens is 459 g/mol. The van der Waals surface area contributed by atoms with Crippen LogP contribution in [0.25, 0.3) is 10.9 Å². The Balaban J connectivity index is 1.68. The van der Waals surface area contributed by atoms with E-state index in [2.05, 4.69) is 34.0 Å². The van der Waals surface area contributed by atoms with Crippen molar-refractivity contribution >= 4 is 28.3 Å². The molecule has 3 N–H and O–H groups in total. The Labute approximate surface area is 211 Å². The number of primary amides is 1. The first-order valence-corrected chi connectivity index (χ1v) is 12.2. The van der Waals surface area contributed by atoms with Gasteiger partial charge in [0.15, 0.2) is 0 Å². The van der Waals surface area contributed by atoms with E-state index in [1.807, 2.05) is 24.1 Å². The van der Waals surface area contributed by atoms with Crippen LogP contribution in [0.3, 0.4) is 0 Å². The van der Waals surface area contributed by atoms with Gasteiger partial charge in [-0.3, -0.25) is 9.69 Å². The molecule has 0 spiro atoms. The number of amides is 1. The molecule has 1 aliphatic heterocycles. The van der Waals surface area contributed by atoms with Gasteiger partial charge in [-0.1, -0.05) is 12.1 Å². The number of anilines is 2. The fourth-order valence-corrected chi connectivity index (χ4v) is 5.05. The lowest BCUT2D eigenvalue weighted by Gasteiger charge is -2.46. The number of carbonyl (C=O) groups excluding carboxylic acids is 1.